The molecule has 16 heavy (non-hydrogen) atoms. The first-order chi connectivity index (χ1) is 7.41. The van der Waals surface area contributed by atoms with E-state index >= 15 is 0 Å². The molecule has 1 aromatic heterocycles. The van der Waals surface area contributed by atoms with E-state index in [1.54, 1.807) is 14.1 Å². The van der Waals surface area contributed by atoms with Gasteiger partial charge in [0.05, 0.1) is 0 Å². The van der Waals surface area contributed by atoms with Gasteiger partial charge >= 0.3 is 0 Å². The van der Waals surface area contributed by atoms with Crippen LogP contribution >= 0.6 is 0 Å². The van der Waals surface area contributed by atoms with Crippen molar-refractivity contribution in [1.29, 1.82) is 0 Å². The Hall–Kier alpha value is -1.08. The summed E-state index contributed by atoms with van der Waals surface area (Å²) in [7, 11) is -0.246. The quantitative estimate of drug-likeness (QED) is 0.810. The molecule has 0 amide bonds. The van der Waals surface area contributed by atoms with Gasteiger partial charge in [-0.15, -0.1) is 0 Å². The van der Waals surface area contributed by atoms with Gasteiger partial charge in [0.25, 0.3) is 0 Å². The zero-order valence-electron chi connectivity index (χ0n) is 9.42. The first-order valence-corrected chi connectivity index (χ1v) is 6.60. The van der Waals surface area contributed by atoms with Crippen LogP contribution in [0.1, 0.15) is 12.8 Å². The van der Waals surface area contributed by atoms with Crippen molar-refractivity contribution in [2.75, 3.05) is 19.3 Å². The SMILES string of the molecule is CN(CC1CC1)S(=O)(=O)c1cn(C)nc1N. The molecule has 0 spiro atoms. The van der Waals surface area contributed by atoms with E-state index in [9.17, 15) is 8.42 Å². The van der Waals surface area contributed by atoms with E-state index in [2.05, 4.69) is 5.10 Å². The van der Waals surface area contributed by atoms with Crippen LogP contribution in [-0.4, -0.2) is 36.1 Å². The number of nitrogens with zero attached hydrogens (tertiary/aromatic N) is 3. The van der Waals surface area contributed by atoms with E-state index in [-0.39, 0.29) is 10.7 Å². The molecule has 2 N–H and O–H groups in total. The number of hydrogen-bond acceptors (Lipinski definition) is 4. The van der Waals surface area contributed by atoms with E-state index in [0.717, 1.165) is 12.8 Å². The van der Waals surface area contributed by atoms with Crippen molar-refractivity contribution in [1.82, 2.24) is 14.1 Å². The van der Waals surface area contributed by atoms with Crippen molar-refractivity contribution in [2.24, 2.45) is 13.0 Å². The molecule has 0 bridgehead atoms. The monoisotopic (exact) mass is 244 g/mol. The molecule has 0 radical (unpaired) electrons. The van der Waals surface area contributed by atoms with Crippen molar-refractivity contribution in [3.05, 3.63) is 6.20 Å². The molecule has 1 aliphatic rings. The highest BCUT2D eigenvalue weighted by atomic mass is 32.2. The highest BCUT2D eigenvalue weighted by Gasteiger charge is 2.31. The van der Waals surface area contributed by atoms with Crippen LogP contribution in [0.5, 0.6) is 0 Å². The Balaban J connectivity index is 2.26. The molecule has 1 fully saturated rings. The molecule has 1 saturated carbocycles. The Bertz CT molecular complexity index is 490. The van der Waals surface area contributed by atoms with Gasteiger partial charge in [-0.25, -0.2) is 12.7 Å². The highest BCUT2D eigenvalue weighted by molar-refractivity contribution is 7.89. The summed E-state index contributed by atoms with van der Waals surface area (Å²) in [5.74, 6) is 0.572. The lowest BCUT2D eigenvalue weighted by Gasteiger charge is -2.15. The fourth-order valence-corrected chi connectivity index (χ4v) is 2.95. The minimum Gasteiger partial charge on any atom is -0.381 e. The zero-order valence-corrected chi connectivity index (χ0v) is 10.2. The molecule has 1 aliphatic carbocycles. The molecule has 0 aliphatic heterocycles. The first-order valence-electron chi connectivity index (χ1n) is 5.16. The van der Waals surface area contributed by atoms with Crippen LogP contribution in [0.4, 0.5) is 5.82 Å². The standard InChI is InChI=1S/C9H16N4O2S/c1-12-6-8(9(10)11-12)16(14,15)13(2)5-7-3-4-7/h6-7H,3-5H2,1-2H3,(H2,10,11). The first kappa shape index (κ1) is 11.4. The molecule has 6 nitrogen and oxygen atoms in total. The molecule has 0 unspecified atom stereocenters. The summed E-state index contributed by atoms with van der Waals surface area (Å²) >= 11 is 0. The molecule has 1 heterocycles. The Labute approximate surface area is 95.1 Å². The summed E-state index contributed by atoms with van der Waals surface area (Å²) in [6.07, 6.45) is 3.67. The van der Waals surface area contributed by atoms with Crippen molar-refractivity contribution >= 4 is 15.8 Å². The Morgan fingerprint density at radius 1 is 1.62 bits per heavy atom. The van der Waals surface area contributed by atoms with Crippen LogP contribution in [0.25, 0.3) is 0 Å². The van der Waals surface area contributed by atoms with Gasteiger partial charge in [-0.05, 0) is 18.8 Å². The molecular formula is C9H16N4O2S. The highest BCUT2D eigenvalue weighted by Crippen LogP contribution is 2.31. The Morgan fingerprint density at radius 2 is 2.25 bits per heavy atom. The van der Waals surface area contributed by atoms with Gasteiger partial charge < -0.3 is 5.73 Å². The lowest BCUT2D eigenvalue weighted by Crippen LogP contribution is -2.29. The summed E-state index contributed by atoms with van der Waals surface area (Å²) in [6, 6.07) is 0. The molecule has 0 atom stereocenters. The van der Waals surface area contributed by atoms with Crippen molar-refractivity contribution in [3.63, 3.8) is 0 Å². The second-order valence-electron chi connectivity index (χ2n) is 4.28. The number of nitrogen functional groups attached to an aromatic ring is 1. The minimum atomic E-state index is -3.48. The zero-order chi connectivity index (χ0) is 11.9. The Morgan fingerprint density at radius 3 is 2.69 bits per heavy atom. The van der Waals surface area contributed by atoms with Crippen LogP contribution < -0.4 is 5.73 Å². The van der Waals surface area contributed by atoms with Crippen LogP contribution in [-0.2, 0) is 17.1 Å². The summed E-state index contributed by atoms with van der Waals surface area (Å²) in [5.41, 5.74) is 5.57. The van der Waals surface area contributed by atoms with Crippen molar-refractivity contribution in [3.8, 4) is 0 Å². The van der Waals surface area contributed by atoms with Crippen LogP contribution in [0, 0.1) is 5.92 Å². The number of aromatic nitrogens is 2. The summed E-state index contributed by atoms with van der Waals surface area (Å²) in [4.78, 5) is 0.0955. The average Bonchev–Trinajstić information content (AvgIpc) is 2.91. The second kappa shape index (κ2) is 3.74. The summed E-state index contributed by atoms with van der Waals surface area (Å²) in [6.45, 7) is 0.566. The average molecular weight is 244 g/mol. The molecule has 0 aromatic carbocycles. The third-order valence-corrected chi connectivity index (χ3v) is 4.56. The van der Waals surface area contributed by atoms with E-state index in [0.29, 0.717) is 12.5 Å². The van der Waals surface area contributed by atoms with Crippen molar-refractivity contribution < 1.29 is 8.42 Å². The molecule has 2 rings (SSSR count). The summed E-state index contributed by atoms with van der Waals surface area (Å²) in [5, 5.41) is 3.84. The van der Waals surface area contributed by atoms with Gasteiger partial charge in [-0.2, -0.15) is 5.10 Å². The van der Waals surface area contributed by atoms with Gasteiger partial charge in [0.15, 0.2) is 5.82 Å². The number of rotatable bonds is 4. The lowest BCUT2D eigenvalue weighted by atomic mass is 10.4. The predicted octanol–water partition coefficient (Wildman–Crippen LogP) is 0.0328. The third kappa shape index (κ3) is 2.05. The van der Waals surface area contributed by atoms with Gasteiger partial charge in [-0.1, -0.05) is 0 Å². The third-order valence-electron chi connectivity index (χ3n) is 2.72. The van der Waals surface area contributed by atoms with Crippen LogP contribution in [0.3, 0.4) is 0 Å². The number of nitrogens with two attached hydrogens (primary N) is 1. The topological polar surface area (TPSA) is 81.2 Å². The van der Waals surface area contributed by atoms with Crippen LogP contribution in [0.15, 0.2) is 11.1 Å². The molecule has 0 saturated heterocycles. The maximum atomic E-state index is 12.1. The van der Waals surface area contributed by atoms with E-state index in [1.165, 1.54) is 15.2 Å². The Kier molecular flexibility index (Phi) is 2.67. The van der Waals surface area contributed by atoms with Gasteiger partial charge in [0.1, 0.15) is 4.90 Å². The fraction of sp³-hybridized carbons (Fsp3) is 0.667. The maximum absolute atomic E-state index is 12.1. The van der Waals surface area contributed by atoms with E-state index < -0.39 is 10.0 Å². The van der Waals surface area contributed by atoms with Gasteiger partial charge in [-0.3, -0.25) is 4.68 Å². The van der Waals surface area contributed by atoms with Crippen molar-refractivity contribution in [2.45, 2.75) is 17.7 Å². The minimum absolute atomic E-state index is 0.0603. The predicted molar refractivity (Wildman–Crippen MR) is 60.2 cm³/mol. The smallest absolute Gasteiger partial charge is 0.248 e. The van der Waals surface area contributed by atoms with E-state index in [1.807, 2.05) is 0 Å². The number of hydrogen-bond donors (Lipinski definition) is 1. The molecular weight excluding hydrogens is 228 g/mol. The lowest BCUT2D eigenvalue weighted by molar-refractivity contribution is 0.453. The maximum Gasteiger partial charge on any atom is 0.248 e. The normalized spacial score (nSPS) is 16.9. The van der Waals surface area contributed by atoms with Gasteiger partial charge in [0.2, 0.25) is 10.0 Å². The summed E-state index contributed by atoms with van der Waals surface area (Å²) < 4.78 is 27.0. The van der Waals surface area contributed by atoms with Gasteiger partial charge in [0, 0.05) is 26.8 Å². The number of anilines is 1. The number of sulfonamides is 1. The fourth-order valence-electron chi connectivity index (χ4n) is 1.61. The molecule has 1 aromatic rings. The van der Waals surface area contributed by atoms with E-state index in [4.69, 9.17) is 5.73 Å². The largest absolute Gasteiger partial charge is 0.381 e. The molecule has 7 heteroatoms. The van der Waals surface area contributed by atoms with Crippen LogP contribution in [0.2, 0.25) is 0 Å². The number of aryl methyl sites for hydroxylation is 1. The second-order valence-corrected chi connectivity index (χ2v) is 6.29. The molecule has 90 valence electrons.